The van der Waals surface area contributed by atoms with Crippen LogP contribution in [0.15, 0.2) is 66.9 Å². The van der Waals surface area contributed by atoms with Crippen molar-refractivity contribution in [1.82, 2.24) is 14.6 Å². The fourth-order valence-corrected chi connectivity index (χ4v) is 3.70. The van der Waals surface area contributed by atoms with Crippen molar-refractivity contribution in [2.45, 2.75) is 0 Å². The molecule has 0 atom stereocenters. The van der Waals surface area contributed by atoms with E-state index in [4.69, 9.17) is 4.74 Å². The summed E-state index contributed by atoms with van der Waals surface area (Å²) in [6.45, 7) is 3.34. The van der Waals surface area contributed by atoms with Gasteiger partial charge in [0, 0.05) is 35.6 Å². The zero-order chi connectivity index (χ0) is 20.3. The third-order valence-electron chi connectivity index (χ3n) is 5.26. The van der Waals surface area contributed by atoms with Crippen molar-refractivity contribution in [2.24, 2.45) is 0 Å². The monoisotopic (exact) mass is 399 g/mol. The molecule has 1 fully saturated rings. The molecule has 30 heavy (non-hydrogen) atoms. The maximum Gasteiger partial charge on any atom is 0.245 e. The highest BCUT2D eigenvalue weighted by Gasteiger charge is 2.12. The van der Waals surface area contributed by atoms with Crippen molar-refractivity contribution >= 4 is 29.1 Å². The zero-order valence-corrected chi connectivity index (χ0v) is 16.4. The standard InChI is InChI=1S/C23H21N5O2/c29-16-17-3-1-2-4-21(17)22-10-9-20-15-24-23(26-28(20)22)25-18-5-7-19(8-6-18)27-11-13-30-14-12-27/h1-10,15-16H,11-14H2,(H,25,26). The van der Waals surface area contributed by atoms with E-state index in [-0.39, 0.29) is 0 Å². The lowest BCUT2D eigenvalue weighted by atomic mass is 10.1. The fourth-order valence-electron chi connectivity index (χ4n) is 3.70. The van der Waals surface area contributed by atoms with Gasteiger partial charge in [-0.1, -0.05) is 24.3 Å². The summed E-state index contributed by atoms with van der Waals surface area (Å²) in [5.74, 6) is 0.489. The smallest absolute Gasteiger partial charge is 0.245 e. The van der Waals surface area contributed by atoms with Crippen LogP contribution in [0.5, 0.6) is 0 Å². The Bertz CT molecular complexity index is 1180. The van der Waals surface area contributed by atoms with E-state index in [2.05, 4.69) is 32.4 Å². The van der Waals surface area contributed by atoms with Crippen LogP contribution in [0.3, 0.4) is 0 Å². The van der Waals surface area contributed by atoms with Crippen molar-refractivity contribution in [3.63, 3.8) is 0 Å². The van der Waals surface area contributed by atoms with E-state index in [0.29, 0.717) is 11.5 Å². The number of aldehydes is 1. The zero-order valence-electron chi connectivity index (χ0n) is 16.4. The second-order valence-corrected chi connectivity index (χ2v) is 7.11. The van der Waals surface area contributed by atoms with Crippen LogP contribution in [-0.2, 0) is 4.74 Å². The molecule has 0 saturated carbocycles. The summed E-state index contributed by atoms with van der Waals surface area (Å²) in [6, 6.07) is 19.6. The number of nitrogens with one attached hydrogen (secondary N) is 1. The van der Waals surface area contributed by atoms with Crippen LogP contribution < -0.4 is 10.2 Å². The first-order valence-corrected chi connectivity index (χ1v) is 9.91. The molecule has 0 aliphatic carbocycles. The molecule has 0 spiro atoms. The number of ether oxygens (including phenoxy) is 1. The van der Waals surface area contributed by atoms with Crippen molar-refractivity contribution in [3.8, 4) is 11.3 Å². The average molecular weight is 399 g/mol. The number of morpholine rings is 1. The minimum atomic E-state index is 0.489. The Balaban J connectivity index is 1.42. The molecule has 2 aromatic heterocycles. The SMILES string of the molecule is O=Cc1ccccc1-c1ccc2cnc(Nc3ccc(N4CCOCC4)cc3)nn12. The van der Waals surface area contributed by atoms with Crippen molar-refractivity contribution < 1.29 is 9.53 Å². The molecule has 0 bridgehead atoms. The molecule has 7 nitrogen and oxygen atoms in total. The fraction of sp³-hybridized carbons (Fsp3) is 0.174. The highest BCUT2D eigenvalue weighted by atomic mass is 16.5. The number of benzene rings is 2. The van der Waals surface area contributed by atoms with E-state index in [0.717, 1.165) is 55.1 Å². The highest BCUT2D eigenvalue weighted by Crippen LogP contribution is 2.25. The summed E-state index contributed by atoms with van der Waals surface area (Å²) in [6.07, 6.45) is 2.63. The molecular weight excluding hydrogens is 378 g/mol. The van der Waals surface area contributed by atoms with Crippen molar-refractivity contribution in [1.29, 1.82) is 0 Å². The predicted molar refractivity (Wildman–Crippen MR) is 117 cm³/mol. The Hall–Kier alpha value is -3.71. The molecule has 1 aliphatic heterocycles. The Morgan fingerprint density at radius 3 is 2.57 bits per heavy atom. The number of anilines is 3. The highest BCUT2D eigenvalue weighted by molar-refractivity contribution is 5.87. The van der Waals surface area contributed by atoms with E-state index in [9.17, 15) is 4.79 Å². The summed E-state index contributed by atoms with van der Waals surface area (Å²) in [4.78, 5) is 18.2. The summed E-state index contributed by atoms with van der Waals surface area (Å²) in [5.41, 5.74) is 5.27. The maximum absolute atomic E-state index is 11.4. The number of fused-ring (bicyclic) bond motifs is 1. The number of carbonyl (C=O) groups excluding carboxylic acids is 1. The van der Waals surface area contributed by atoms with Gasteiger partial charge in [-0.05, 0) is 36.4 Å². The van der Waals surface area contributed by atoms with Crippen molar-refractivity contribution in [2.75, 3.05) is 36.5 Å². The second kappa shape index (κ2) is 7.96. The number of aromatic nitrogens is 3. The molecule has 1 N–H and O–H groups in total. The molecule has 2 aromatic carbocycles. The van der Waals surface area contributed by atoms with Gasteiger partial charge in [0.1, 0.15) is 0 Å². The largest absolute Gasteiger partial charge is 0.378 e. The van der Waals surface area contributed by atoms with Crippen LogP contribution >= 0.6 is 0 Å². The number of carbonyl (C=O) groups is 1. The minimum absolute atomic E-state index is 0.489. The normalized spacial score (nSPS) is 14.1. The van der Waals surface area contributed by atoms with E-state index in [1.54, 1.807) is 16.8 Å². The third kappa shape index (κ3) is 3.51. The van der Waals surface area contributed by atoms with E-state index in [1.807, 2.05) is 42.5 Å². The first-order valence-electron chi connectivity index (χ1n) is 9.91. The number of hydrogen-bond acceptors (Lipinski definition) is 6. The number of hydrogen-bond donors (Lipinski definition) is 1. The van der Waals surface area contributed by atoms with Crippen LogP contribution in [0.25, 0.3) is 16.8 Å². The molecule has 150 valence electrons. The van der Waals surface area contributed by atoms with Gasteiger partial charge in [0.2, 0.25) is 5.95 Å². The summed E-state index contributed by atoms with van der Waals surface area (Å²) >= 11 is 0. The third-order valence-corrected chi connectivity index (χ3v) is 5.26. The van der Waals surface area contributed by atoms with Gasteiger partial charge in [-0.3, -0.25) is 4.79 Å². The number of nitrogens with zero attached hydrogens (tertiary/aromatic N) is 4. The van der Waals surface area contributed by atoms with Crippen LogP contribution in [0, 0.1) is 0 Å². The molecule has 1 saturated heterocycles. The summed E-state index contributed by atoms with van der Waals surface area (Å²) in [5, 5.41) is 7.91. The van der Waals surface area contributed by atoms with Gasteiger partial charge < -0.3 is 15.0 Å². The first-order chi connectivity index (χ1) is 14.8. The van der Waals surface area contributed by atoms with Gasteiger partial charge in [-0.15, -0.1) is 5.10 Å². The van der Waals surface area contributed by atoms with E-state index in [1.165, 1.54) is 5.69 Å². The quantitative estimate of drug-likeness (QED) is 0.515. The van der Waals surface area contributed by atoms with E-state index < -0.39 is 0 Å². The maximum atomic E-state index is 11.4. The summed E-state index contributed by atoms with van der Waals surface area (Å²) in [7, 11) is 0. The molecule has 1 aliphatic rings. The lowest BCUT2D eigenvalue weighted by Gasteiger charge is -2.28. The van der Waals surface area contributed by atoms with Crippen LogP contribution in [-0.4, -0.2) is 47.2 Å². The molecule has 0 unspecified atom stereocenters. The van der Waals surface area contributed by atoms with Gasteiger partial charge in [0.05, 0.1) is 30.6 Å². The Morgan fingerprint density at radius 2 is 1.77 bits per heavy atom. The van der Waals surface area contributed by atoms with Gasteiger partial charge in [0.25, 0.3) is 0 Å². The lowest BCUT2D eigenvalue weighted by molar-refractivity contribution is 0.112. The molecular formula is C23H21N5O2. The molecule has 7 heteroatoms. The lowest BCUT2D eigenvalue weighted by Crippen LogP contribution is -2.36. The molecule has 3 heterocycles. The molecule has 4 aromatic rings. The Morgan fingerprint density at radius 1 is 0.967 bits per heavy atom. The van der Waals surface area contributed by atoms with Gasteiger partial charge in [-0.25, -0.2) is 9.50 Å². The number of rotatable bonds is 5. The van der Waals surface area contributed by atoms with Crippen LogP contribution in [0.2, 0.25) is 0 Å². The van der Waals surface area contributed by atoms with Gasteiger partial charge in [0.15, 0.2) is 6.29 Å². The Labute approximate surface area is 173 Å². The van der Waals surface area contributed by atoms with Gasteiger partial charge in [-0.2, -0.15) is 0 Å². The summed E-state index contributed by atoms with van der Waals surface area (Å²) < 4.78 is 7.22. The van der Waals surface area contributed by atoms with Crippen LogP contribution in [0.4, 0.5) is 17.3 Å². The van der Waals surface area contributed by atoms with Crippen LogP contribution in [0.1, 0.15) is 10.4 Å². The van der Waals surface area contributed by atoms with Crippen molar-refractivity contribution in [3.05, 3.63) is 72.4 Å². The molecule has 0 radical (unpaired) electrons. The minimum Gasteiger partial charge on any atom is -0.378 e. The second-order valence-electron chi connectivity index (χ2n) is 7.11. The average Bonchev–Trinajstić information content (AvgIpc) is 3.23. The Kier molecular flexibility index (Phi) is 4.86. The topological polar surface area (TPSA) is 71.8 Å². The molecule has 5 rings (SSSR count). The van der Waals surface area contributed by atoms with Gasteiger partial charge >= 0.3 is 0 Å². The predicted octanol–water partition coefficient (Wildman–Crippen LogP) is 3.79. The first kappa shape index (κ1) is 18.3. The van der Waals surface area contributed by atoms with E-state index >= 15 is 0 Å². The molecule has 0 amide bonds.